The first kappa shape index (κ1) is 14.2. The normalized spacial score (nSPS) is 21.4. The zero-order valence-corrected chi connectivity index (χ0v) is 13.1. The number of hydrogen-bond acceptors (Lipinski definition) is 4. The fourth-order valence-corrected chi connectivity index (χ4v) is 2.95. The van der Waals surface area contributed by atoms with Crippen molar-refractivity contribution in [3.63, 3.8) is 0 Å². The van der Waals surface area contributed by atoms with Crippen LogP contribution in [-0.2, 0) is 7.05 Å². The zero-order valence-electron chi connectivity index (χ0n) is 11.5. The molecule has 2 atom stereocenters. The maximum Gasteiger partial charge on any atom is 0.274 e. The molecule has 1 aromatic carbocycles. The lowest BCUT2D eigenvalue weighted by molar-refractivity contribution is 0.0925. The number of nitrogens with one attached hydrogen (secondary N) is 3. The van der Waals surface area contributed by atoms with E-state index < -0.39 is 0 Å². The van der Waals surface area contributed by atoms with Crippen molar-refractivity contribution in [3.05, 3.63) is 52.3 Å². The molecule has 1 aliphatic heterocycles. The molecule has 7 heteroatoms. The van der Waals surface area contributed by atoms with Crippen LogP contribution in [0.5, 0.6) is 0 Å². The highest BCUT2D eigenvalue weighted by atomic mass is 79.9. The molecule has 2 aromatic rings. The summed E-state index contributed by atoms with van der Waals surface area (Å²) in [6, 6.07) is 10.3. The first-order valence-electron chi connectivity index (χ1n) is 6.69. The third kappa shape index (κ3) is 3.15. The molecule has 0 aliphatic carbocycles. The van der Waals surface area contributed by atoms with E-state index in [1.54, 1.807) is 17.9 Å². The number of amides is 1. The SMILES string of the molecule is Cn1cc(Br)c(C(=O)NC2CC(c3ccccc3)NN2)n1. The van der Waals surface area contributed by atoms with E-state index in [-0.39, 0.29) is 18.1 Å². The van der Waals surface area contributed by atoms with Crippen LogP contribution in [0.25, 0.3) is 0 Å². The number of hydrogen-bond donors (Lipinski definition) is 3. The van der Waals surface area contributed by atoms with Gasteiger partial charge in [-0.1, -0.05) is 30.3 Å². The maximum absolute atomic E-state index is 12.2. The molecule has 0 spiro atoms. The molecular weight excluding hydrogens is 334 g/mol. The second-order valence-corrected chi connectivity index (χ2v) is 5.87. The average molecular weight is 350 g/mol. The van der Waals surface area contributed by atoms with Crippen molar-refractivity contribution in [1.82, 2.24) is 25.9 Å². The van der Waals surface area contributed by atoms with E-state index in [2.05, 4.69) is 49.3 Å². The van der Waals surface area contributed by atoms with Crippen molar-refractivity contribution in [2.45, 2.75) is 18.6 Å². The number of nitrogens with zero attached hydrogens (tertiary/aromatic N) is 2. The molecule has 2 unspecified atom stereocenters. The number of carbonyl (C=O) groups excluding carboxylic acids is 1. The van der Waals surface area contributed by atoms with Gasteiger partial charge in [0.25, 0.3) is 5.91 Å². The Morgan fingerprint density at radius 2 is 2.14 bits per heavy atom. The lowest BCUT2D eigenvalue weighted by Gasteiger charge is -2.11. The fraction of sp³-hybridized carbons (Fsp3) is 0.286. The van der Waals surface area contributed by atoms with Gasteiger partial charge >= 0.3 is 0 Å². The summed E-state index contributed by atoms with van der Waals surface area (Å²) in [5.41, 5.74) is 7.88. The van der Waals surface area contributed by atoms with E-state index >= 15 is 0 Å². The lowest BCUT2D eigenvalue weighted by atomic mass is 10.0. The number of carbonyl (C=O) groups is 1. The first-order valence-corrected chi connectivity index (χ1v) is 7.49. The van der Waals surface area contributed by atoms with Crippen molar-refractivity contribution in [3.8, 4) is 0 Å². The third-order valence-electron chi connectivity index (χ3n) is 3.41. The molecule has 1 amide bonds. The van der Waals surface area contributed by atoms with Crippen LogP contribution in [0.3, 0.4) is 0 Å². The van der Waals surface area contributed by atoms with Gasteiger partial charge in [-0.25, -0.2) is 10.9 Å². The van der Waals surface area contributed by atoms with Gasteiger partial charge in [-0.2, -0.15) is 5.10 Å². The van der Waals surface area contributed by atoms with Crippen molar-refractivity contribution in [2.75, 3.05) is 0 Å². The van der Waals surface area contributed by atoms with Crippen LogP contribution in [0.15, 0.2) is 41.0 Å². The first-order chi connectivity index (χ1) is 10.1. The van der Waals surface area contributed by atoms with Crippen molar-refractivity contribution >= 4 is 21.8 Å². The van der Waals surface area contributed by atoms with Crippen LogP contribution in [0.2, 0.25) is 0 Å². The Hall–Kier alpha value is -1.70. The molecule has 3 rings (SSSR count). The highest BCUT2D eigenvalue weighted by molar-refractivity contribution is 9.10. The van der Waals surface area contributed by atoms with Gasteiger partial charge in [0.1, 0.15) is 0 Å². The molecular formula is C14H16BrN5O. The number of aryl methyl sites for hydroxylation is 1. The summed E-state index contributed by atoms with van der Waals surface area (Å²) in [4.78, 5) is 12.2. The Morgan fingerprint density at radius 1 is 1.38 bits per heavy atom. The molecule has 1 saturated heterocycles. The number of hydrazine groups is 1. The number of rotatable bonds is 3. The second-order valence-electron chi connectivity index (χ2n) is 5.01. The van der Waals surface area contributed by atoms with Gasteiger partial charge in [-0.15, -0.1) is 0 Å². The van der Waals surface area contributed by atoms with Gasteiger partial charge in [-0.3, -0.25) is 9.48 Å². The Kier molecular flexibility index (Phi) is 4.05. The van der Waals surface area contributed by atoms with Gasteiger partial charge in [0.05, 0.1) is 10.6 Å². The second kappa shape index (κ2) is 5.97. The van der Waals surface area contributed by atoms with Crippen LogP contribution in [-0.4, -0.2) is 21.9 Å². The Bertz CT molecular complexity index is 642. The lowest BCUT2D eigenvalue weighted by Crippen LogP contribution is -2.44. The van der Waals surface area contributed by atoms with E-state index in [1.807, 2.05) is 18.2 Å². The summed E-state index contributed by atoms with van der Waals surface area (Å²) >= 11 is 3.34. The molecule has 0 radical (unpaired) electrons. The molecule has 110 valence electrons. The minimum atomic E-state index is -0.199. The summed E-state index contributed by atoms with van der Waals surface area (Å²) in [5.74, 6) is -0.199. The van der Waals surface area contributed by atoms with Crippen molar-refractivity contribution in [2.24, 2.45) is 7.05 Å². The van der Waals surface area contributed by atoms with E-state index in [4.69, 9.17) is 0 Å². The highest BCUT2D eigenvalue weighted by Crippen LogP contribution is 2.21. The predicted octanol–water partition coefficient (Wildman–Crippen LogP) is 1.48. The van der Waals surface area contributed by atoms with Crippen LogP contribution in [0.1, 0.15) is 28.5 Å². The standard InChI is InChI=1S/C14H16BrN5O/c1-20-8-10(15)13(19-20)14(21)16-12-7-11(17-18-12)9-5-3-2-4-6-9/h2-6,8,11-12,17-18H,7H2,1H3,(H,16,21). The minimum absolute atomic E-state index is 0.128. The van der Waals surface area contributed by atoms with Crippen LogP contribution in [0.4, 0.5) is 0 Å². The van der Waals surface area contributed by atoms with Crippen LogP contribution < -0.4 is 16.2 Å². The monoisotopic (exact) mass is 349 g/mol. The number of benzene rings is 1. The largest absolute Gasteiger partial charge is 0.334 e. The zero-order chi connectivity index (χ0) is 14.8. The van der Waals surface area contributed by atoms with E-state index in [9.17, 15) is 4.79 Å². The molecule has 0 bridgehead atoms. The predicted molar refractivity (Wildman–Crippen MR) is 82.2 cm³/mol. The highest BCUT2D eigenvalue weighted by Gasteiger charge is 2.27. The quantitative estimate of drug-likeness (QED) is 0.784. The molecule has 21 heavy (non-hydrogen) atoms. The maximum atomic E-state index is 12.2. The summed E-state index contributed by atoms with van der Waals surface area (Å²) in [7, 11) is 1.78. The molecule has 1 aliphatic rings. The van der Waals surface area contributed by atoms with Crippen LogP contribution >= 0.6 is 15.9 Å². The minimum Gasteiger partial charge on any atom is -0.334 e. The van der Waals surface area contributed by atoms with E-state index in [0.29, 0.717) is 10.2 Å². The third-order valence-corrected chi connectivity index (χ3v) is 3.99. The Labute approximate surface area is 131 Å². The molecule has 2 heterocycles. The van der Waals surface area contributed by atoms with Gasteiger partial charge < -0.3 is 5.32 Å². The smallest absolute Gasteiger partial charge is 0.274 e. The van der Waals surface area contributed by atoms with Gasteiger partial charge in [0, 0.05) is 25.7 Å². The topological polar surface area (TPSA) is 71.0 Å². The Morgan fingerprint density at radius 3 is 2.81 bits per heavy atom. The number of aromatic nitrogens is 2. The van der Waals surface area contributed by atoms with E-state index in [1.165, 1.54) is 5.56 Å². The molecule has 1 aromatic heterocycles. The van der Waals surface area contributed by atoms with Crippen LogP contribution in [0, 0.1) is 0 Å². The van der Waals surface area contributed by atoms with Crippen molar-refractivity contribution in [1.29, 1.82) is 0 Å². The molecule has 6 nitrogen and oxygen atoms in total. The van der Waals surface area contributed by atoms with Gasteiger partial charge in [0.2, 0.25) is 0 Å². The summed E-state index contributed by atoms with van der Waals surface area (Å²) in [5, 5.41) is 7.07. The van der Waals surface area contributed by atoms with Crippen molar-refractivity contribution < 1.29 is 4.79 Å². The fourth-order valence-electron chi connectivity index (χ4n) is 2.39. The van der Waals surface area contributed by atoms with E-state index in [0.717, 1.165) is 6.42 Å². The van der Waals surface area contributed by atoms with Gasteiger partial charge in [-0.05, 0) is 21.5 Å². The number of halogens is 1. The molecule has 1 fully saturated rings. The average Bonchev–Trinajstić information content (AvgIpc) is 3.06. The summed E-state index contributed by atoms with van der Waals surface area (Å²) in [6.07, 6.45) is 2.40. The molecule has 3 N–H and O–H groups in total. The van der Waals surface area contributed by atoms with Gasteiger partial charge in [0.15, 0.2) is 5.69 Å². The molecule has 0 saturated carbocycles. The Balaban J connectivity index is 1.62. The summed E-state index contributed by atoms with van der Waals surface area (Å²) in [6.45, 7) is 0. The summed E-state index contributed by atoms with van der Waals surface area (Å²) < 4.78 is 2.29.